The highest BCUT2D eigenvalue weighted by molar-refractivity contribution is 5.98. The molecule has 0 saturated heterocycles. The summed E-state index contributed by atoms with van der Waals surface area (Å²) in [6.45, 7) is 1.02. The first-order valence-electron chi connectivity index (χ1n) is 7.13. The van der Waals surface area contributed by atoms with Gasteiger partial charge in [0, 0.05) is 31.0 Å². The Morgan fingerprint density at radius 3 is 2.78 bits per heavy atom. The van der Waals surface area contributed by atoms with Crippen LogP contribution < -0.4 is 16.4 Å². The number of aromatic hydroxyl groups is 1. The summed E-state index contributed by atoms with van der Waals surface area (Å²) >= 11 is 0. The van der Waals surface area contributed by atoms with Gasteiger partial charge in [-0.25, -0.2) is 0 Å². The van der Waals surface area contributed by atoms with Gasteiger partial charge >= 0.3 is 0 Å². The van der Waals surface area contributed by atoms with Crippen molar-refractivity contribution in [1.82, 2.24) is 10.3 Å². The van der Waals surface area contributed by atoms with Gasteiger partial charge in [0.15, 0.2) is 0 Å². The number of hydrogen-bond acceptors (Lipinski definition) is 5. The van der Waals surface area contributed by atoms with Gasteiger partial charge in [-0.15, -0.1) is 0 Å². The molecule has 2 rings (SSSR count). The SMILES string of the molecule is NC(=O)c1cnccc1NCCCNC(=O)c1cccc(O)c1. The number of aromatic nitrogens is 1. The molecule has 0 aliphatic heterocycles. The number of primary amides is 1. The minimum absolute atomic E-state index is 0.0518. The summed E-state index contributed by atoms with van der Waals surface area (Å²) in [6, 6.07) is 7.82. The number of nitrogens with zero attached hydrogens (tertiary/aromatic N) is 1. The first kappa shape index (κ1) is 16.3. The summed E-state index contributed by atoms with van der Waals surface area (Å²) in [5.41, 5.74) is 6.62. The number of phenolic OH excluding ortho intramolecular Hbond substituents is 1. The molecule has 23 heavy (non-hydrogen) atoms. The highest BCUT2D eigenvalue weighted by Crippen LogP contribution is 2.12. The minimum Gasteiger partial charge on any atom is -0.508 e. The number of nitrogens with one attached hydrogen (secondary N) is 2. The molecule has 0 unspecified atom stereocenters. The van der Waals surface area contributed by atoms with Crippen LogP contribution in [0.3, 0.4) is 0 Å². The molecule has 0 bridgehead atoms. The first-order valence-corrected chi connectivity index (χ1v) is 7.13. The molecule has 5 N–H and O–H groups in total. The van der Waals surface area contributed by atoms with Crippen LogP contribution in [0.1, 0.15) is 27.1 Å². The molecule has 1 aromatic heterocycles. The van der Waals surface area contributed by atoms with Crippen LogP contribution >= 0.6 is 0 Å². The highest BCUT2D eigenvalue weighted by atomic mass is 16.3. The van der Waals surface area contributed by atoms with Gasteiger partial charge in [-0.1, -0.05) is 6.07 Å². The quantitative estimate of drug-likeness (QED) is 0.571. The number of carbonyl (C=O) groups is 2. The second-order valence-corrected chi connectivity index (χ2v) is 4.87. The molecule has 0 radical (unpaired) electrons. The van der Waals surface area contributed by atoms with Crippen LogP contribution in [0, 0.1) is 0 Å². The molecule has 0 aliphatic rings. The lowest BCUT2D eigenvalue weighted by molar-refractivity contribution is 0.0952. The number of pyridine rings is 1. The zero-order valence-corrected chi connectivity index (χ0v) is 12.5. The predicted molar refractivity (Wildman–Crippen MR) is 86.3 cm³/mol. The molecule has 0 atom stereocenters. The molecule has 2 amide bonds. The van der Waals surface area contributed by atoms with Gasteiger partial charge in [-0.3, -0.25) is 14.6 Å². The largest absolute Gasteiger partial charge is 0.508 e. The average molecular weight is 314 g/mol. The van der Waals surface area contributed by atoms with Crippen molar-refractivity contribution in [1.29, 1.82) is 0 Å². The van der Waals surface area contributed by atoms with Crippen molar-refractivity contribution in [3.05, 3.63) is 53.9 Å². The molecule has 2 aromatic rings. The summed E-state index contributed by atoms with van der Waals surface area (Å²) < 4.78 is 0. The number of benzene rings is 1. The molecule has 7 heteroatoms. The van der Waals surface area contributed by atoms with Crippen molar-refractivity contribution in [2.45, 2.75) is 6.42 Å². The Kier molecular flexibility index (Phi) is 5.51. The fourth-order valence-electron chi connectivity index (χ4n) is 2.01. The average Bonchev–Trinajstić information content (AvgIpc) is 2.54. The summed E-state index contributed by atoms with van der Waals surface area (Å²) in [5, 5.41) is 15.2. The third kappa shape index (κ3) is 4.70. The number of phenols is 1. The van der Waals surface area contributed by atoms with Crippen molar-refractivity contribution in [2.24, 2.45) is 5.73 Å². The molecule has 0 spiro atoms. The lowest BCUT2D eigenvalue weighted by Gasteiger charge is -2.10. The summed E-state index contributed by atoms with van der Waals surface area (Å²) in [7, 11) is 0. The van der Waals surface area contributed by atoms with Crippen molar-refractivity contribution >= 4 is 17.5 Å². The zero-order chi connectivity index (χ0) is 16.7. The number of amides is 2. The molecule has 1 aromatic carbocycles. The molecule has 0 aliphatic carbocycles. The topological polar surface area (TPSA) is 117 Å². The van der Waals surface area contributed by atoms with Gasteiger partial charge in [-0.05, 0) is 30.7 Å². The zero-order valence-electron chi connectivity index (χ0n) is 12.5. The van der Waals surface area contributed by atoms with E-state index in [1.54, 1.807) is 24.4 Å². The van der Waals surface area contributed by atoms with Crippen LogP contribution in [0.25, 0.3) is 0 Å². The van der Waals surface area contributed by atoms with Crippen LogP contribution in [-0.4, -0.2) is 35.0 Å². The van der Waals surface area contributed by atoms with E-state index in [2.05, 4.69) is 15.6 Å². The van der Waals surface area contributed by atoms with Crippen LogP contribution in [-0.2, 0) is 0 Å². The first-order chi connectivity index (χ1) is 11.1. The second-order valence-electron chi connectivity index (χ2n) is 4.87. The van der Waals surface area contributed by atoms with Gasteiger partial charge in [0.2, 0.25) is 0 Å². The third-order valence-corrected chi connectivity index (χ3v) is 3.15. The van der Waals surface area contributed by atoms with E-state index in [0.29, 0.717) is 36.3 Å². The van der Waals surface area contributed by atoms with E-state index in [1.807, 2.05) is 0 Å². The fraction of sp³-hybridized carbons (Fsp3) is 0.188. The third-order valence-electron chi connectivity index (χ3n) is 3.15. The van der Waals surface area contributed by atoms with E-state index in [-0.39, 0.29) is 11.7 Å². The van der Waals surface area contributed by atoms with E-state index in [1.165, 1.54) is 18.3 Å². The maximum Gasteiger partial charge on any atom is 0.252 e. The Morgan fingerprint density at radius 1 is 1.22 bits per heavy atom. The van der Waals surface area contributed by atoms with E-state index < -0.39 is 5.91 Å². The Hall–Kier alpha value is -3.09. The van der Waals surface area contributed by atoms with Crippen LogP contribution in [0.4, 0.5) is 5.69 Å². The van der Waals surface area contributed by atoms with E-state index in [4.69, 9.17) is 5.73 Å². The monoisotopic (exact) mass is 314 g/mol. The van der Waals surface area contributed by atoms with Gasteiger partial charge in [0.1, 0.15) is 5.75 Å². The van der Waals surface area contributed by atoms with Crippen LogP contribution in [0.15, 0.2) is 42.7 Å². The molecule has 0 saturated carbocycles. The number of carbonyl (C=O) groups excluding carboxylic acids is 2. The highest BCUT2D eigenvalue weighted by Gasteiger charge is 2.07. The molecule has 1 heterocycles. The fourth-order valence-corrected chi connectivity index (χ4v) is 2.01. The number of anilines is 1. The summed E-state index contributed by atoms with van der Waals surface area (Å²) in [5.74, 6) is -0.739. The van der Waals surface area contributed by atoms with Crippen molar-refractivity contribution < 1.29 is 14.7 Å². The maximum absolute atomic E-state index is 11.9. The van der Waals surface area contributed by atoms with E-state index >= 15 is 0 Å². The second kappa shape index (κ2) is 7.79. The standard InChI is InChI=1S/C16H18N4O3/c17-15(22)13-10-18-8-5-14(13)19-6-2-7-20-16(23)11-3-1-4-12(21)9-11/h1,3-5,8-10,21H,2,6-7H2,(H2,17,22)(H,18,19)(H,20,23). The number of hydrogen-bond donors (Lipinski definition) is 4. The molecular weight excluding hydrogens is 296 g/mol. The van der Waals surface area contributed by atoms with Gasteiger partial charge in [0.05, 0.1) is 11.3 Å². The summed E-state index contributed by atoms with van der Waals surface area (Å²) in [4.78, 5) is 27.0. The molecule has 120 valence electrons. The lowest BCUT2D eigenvalue weighted by Crippen LogP contribution is -2.26. The Morgan fingerprint density at radius 2 is 2.04 bits per heavy atom. The summed E-state index contributed by atoms with van der Waals surface area (Å²) in [6.07, 6.45) is 3.64. The van der Waals surface area contributed by atoms with Crippen molar-refractivity contribution in [3.63, 3.8) is 0 Å². The normalized spacial score (nSPS) is 10.1. The number of nitrogens with two attached hydrogens (primary N) is 1. The Balaban J connectivity index is 1.76. The van der Waals surface area contributed by atoms with Gasteiger partial charge < -0.3 is 21.5 Å². The van der Waals surface area contributed by atoms with Crippen LogP contribution in [0.5, 0.6) is 5.75 Å². The smallest absolute Gasteiger partial charge is 0.252 e. The molecule has 7 nitrogen and oxygen atoms in total. The molecule has 0 fully saturated rings. The predicted octanol–water partition coefficient (Wildman–Crippen LogP) is 1.12. The van der Waals surface area contributed by atoms with E-state index in [9.17, 15) is 14.7 Å². The molecular formula is C16H18N4O3. The Labute approximate surface area is 133 Å². The van der Waals surface area contributed by atoms with Crippen molar-refractivity contribution in [3.8, 4) is 5.75 Å². The van der Waals surface area contributed by atoms with Crippen LogP contribution in [0.2, 0.25) is 0 Å². The van der Waals surface area contributed by atoms with Crippen molar-refractivity contribution in [2.75, 3.05) is 18.4 Å². The van der Waals surface area contributed by atoms with Gasteiger partial charge in [0.25, 0.3) is 11.8 Å². The Bertz CT molecular complexity index is 703. The number of rotatable bonds is 7. The maximum atomic E-state index is 11.9. The lowest BCUT2D eigenvalue weighted by atomic mass is 10.2. The minimum atomic E-state index is -0.544. The van der Waals surface area contributed by atoms with E-state index in [0.717, 1.165) is 0 Å². The van der Waals surface area contributed by atoms with Gasteiger partial charge in [-0.2, -0.15) is 0 Å².